The summed E-state index contributed by atoms with van der Waals surface area (Å²) in [6.07, 6.45) is 2.22. The first kappa shape index (κ1) is 16.2. The summed E-state index contributed by atoms with van der Waals surface area (Å²) in [5, 5.41) is 10.8. The molecule has 2 aromatic heterocycles. The lowest BCUT2D eigenvalue weighted by molar-refractivity contribution is 0.185. The van der Waals surface area contributed by atoms with Gasteiger partial charge in [-0.25, -0.2) is 9.78 Å². The van der Waals surface area contributed by atoms with Crippen LogP contribution >= 0.6 is 11.6 Å². The summed E-state index contributed by atoms with van der Waals surface area (Å²) in [5.41, 5.74) is 0.458. The number of amides is 2. The molecule has 118 valence electrons. The lowest BCUT2D eigenvalue weighted by atomic mass is 10.3. The van der Waals surface area contributed by atoms with Gasteiger partial charge in [-0.05, 0) is 26.0 Å². The number of nitrogens with one attached hydrogen (secondary N) is 1. The Morgan fingerprint density at radius 2 is 2.14 bits per heavy atom. The SMILES string of the molecule is CCc1nnc(CN(C(=O)Nc2cccnc2Cl)C(C)C)o1. The van der Waals surface area contributed by atoms with Crippen LogP contribution in [0, 0.1) is 0 Å². The molecule has 0 aromatic carbocycles. The minimum absolute atomic E-state index is 0.0487. The molecule has 2 aromatic rings. The second kappa shape index (κ2) is 7.22. The number of aryl methyl sites for hydroxylation is 1. The van der Waals surface area contributed by atoms with E-state index >= 15 is 0 Å². The highest BCUT2D eigenvalue weighted by molar-refractivity contribution is 6.32. The first-order valence-electron chi connectivity index (χ1n) is 7.00. The minimum atomic E-state index is -0.304. The van der Waals surface area contributed by atoms with E-state index in [1.807, 2.05) is 20.8 Å². The van der Waals surface area contributed by atoms with Crippen molar-refractivity contribution in [2.24, 2.45) is 0 Å². The highest BCUT2D eigenvalue weighted by Gasteiger charge is 2.21. The number of carbonyl (C=O) groups excluding carboxylic acids is 1. The Hall–Kier alpha value is -2.15. The summed E-state index contributed by atoms with van der Waals surface area (Å²) >= 11 is 5.95. The number of nitrogens with zero attached hydrogens (tertiary/aromatic N) is 4. The normalized spacial score (nSPS) is 10.8. The van der Waals surface area contributed by atoms with Gasteiger partial charge in [0.25, 0.3) is 0 Å². The van der Waals surface area contributed by atoms with Gasteiger partial charge < -0.3 is 14.6 Å². The molecule has 2 heterocycles. The van der Waals surface area contributed by atoms with E-state index in [2.05, 4.69) is 20.5 Å². The van der Waals surface area contributed by atoms with Crippen molar-refractivity contribution in [1.29, 1.82) is 0 Å². The van der Waals surface area contributed by atoms with Crippen molar-refractivity contribution in [3.8, 4) is 0 Å². The molecule has 0 fully saturated rings. The Balaban J connectivity index is 2.10. The molecule has 22 heavy (non-hydrogen) atoms. The van der Waals surface area contributed by atoms with Gasteiger partial charge in [-0.3, -0.25) is 0 Å². The summed E-state index contributed by atoms with van der Waals surface area (Å²) in [4.78, 5) is 17.9. The van der Waals surface area contributed by atoms with Crippen LogP contribution in [0.2, 0.25) is 5.15 Å². The van der Waals surface area contributed by atoms with Gasteiger partial charge in [-0.15, -0.1) is 10.2 Å². The number of halogens is 1. The quantitative estimate of drug-likeness (QED) is 0.854. The second-order valence-electron chi connectivity index (χ2n) is 4.94. The molecule has 0 atom stereocenters. The van der Waals surface area contributed by atoms with Crippen molar-refractivity contribution in [3.05, 3.63) is 35.3 Å². The van der Waals surface area contributed by atoms with Crippen LogP contribution in [0.4, 0.5) is 10.5 Å². The molecule has 7 nitrogen and oxygen atoms in total. The summed E-state index contributed by atoms with van der Waals surface area (Å²) in [6, 6.07) is 3.04. The highest BCUT2D eigenvalue weighted by Crippen LogP contribution is 2.19. The van der Waals surface area contributed by atoms with Crippen LogP contribution in [0.5, 0.6) is 0 Å². The predicted molar refractivity (Wildman–Crippen MR) is 82.6 cm³/mol. The van der Waals surface area contributed by atoms with Gasteiger partial charge in [-0.2, -0.15) is 0 Å². The zero-order valence-corrected chi connectivity index (χ0v) is 13.5. The van der Waals surface area contributed by atoms with Gasteiger partial charge in [0.15, 0.2) is 5.15 Å². The maximum absolute atomic E-state index is 12.4. The average molecular weight is 324 g/mol. The maximum atomic E-state index is 12.4. The molecule has 0 saturated heterocycles. The van der Waals surface area contributed by atoms with E-state index in [0.29, 0.717) is 23.9 Å². The average Bonchev–Trinajstić information content (AvgIpc) is 2.94. The molecule has 2 amide bonds. The van der Waals surface area contributed by atoms with Gasteiger partial charge in [-0.1, -0.05) is 18.5 Å². The molecule has 0 bridgehead atoms. The molecular formula is C14H18ClN5O2. The first-order valence-corrected chi connectivity index (χ1v) is 7.38. The Labute approximate surface area is 133 Å². The number of carbonyl (C=O) groups is 1. The van der Waals surface area contributed by atoms with Crippen LogP contribution in [-0.4, -0.2) is 32.2 Å². The standard InChI is InChI=1S/C14H18ClN5O2/c1-4-11-18-19-12(22-11)8-20(9(2)3)14(21)17-10-6-5-7-16-13(10)15/h5-7,9H,4,8H2,1-3H3,(H,17,21). The molecule has 0 saturated carbocycles. The van der Waals surface area contributed by atoms with Gasteiger partial charge in [0, 0.05) is 18.7 Å². The Bertz CT molecular complexity index is 644. The lowest BCUT2D eigenvalue weighted by Gasteiger charge is -2.25. The molecule has 0 radical (unpaired) electrons. The van der Waals surface area contributed by atoms with Crippen molar-refractivity contribution < 1.29 is 9.21 Å². The summed E-state index contributed by atoms with van der Waals surface area (Å²) in [5.74, 6) is 0.951. The summed E-state index contributed by atoms with van der Waals surface area (Å²) < 4.78 is 5.46. The monoisotopic (exact) mass is 323 g/mol. The molecule has 2 rings (SSSR count). The molecular weight excluding hydrogens is 306 g/mol. The molecule has 0 aliphatic carbocycles. The Kier molecular flexibility index (Phi) is 5.32. The third-order valence-electron chi connectivity index (χ3n) is 3.00. The molecule has 0 spiro atoms. The fraction of sp³-hybridized carbons (Fsp3) is 0.429. The highest BCUT2D eigenvalue weighted by atomic mass is 35.5. The first-order chi connectivity index (χ1) is 10.5. The van der Waals surface area contributed by atoms with Gasteiger partial charge in [0.2, 0.25) is 11.8 Å². The zero-order valence-electron chi connectivity index (χ0n) is 12.7. The molecule has 8 heteroatoms. The van der Waals surface area contributed by atoms with Gasteiger partial charge in [0.1, 0.15) is 6.54 Å². The fourth-order valence-corrected chi connectivity index (χ4v) is 1.96. The molecule has 0 unspecified atom stereocenters. The van der Waals surface area contributed by atoms with Crippen LogP contribution in [-0.2, 0) is 13.0 Å². The van der Waals surface area contributed by atoms with Crippen LogP contribution in [0.15, 0.2) is 22.7 Å². The van der Waals surface area contributed by atoms with Crippen LogP contribution in [0.1, 0.15) is 32.6 Å². The third kappa shape index (κ3) is 3.94. The molecule has 0 aliphatic heterocycles. The van der Waals surface area contributed by atoms with E-state index in [-0.39, 0.29) is 23.8 Å². The number of pyridine rings is 1. The molecule has 1 N–H and O–H groups in total. The van der Waals surface area contributed by atoms with Gasteiger partial charge in [0.05, 0.1) is 5.69 Å². The van der Waals surface area contributed by atoms with Crippen molar-refractivity contribution >= 4 is 23.3 Å². The number of urea groups is 1. The number of aromatic nitrogens is 3. The second-order valence-corrected chi connectivity index (χ2v) is 5.29. The van der Waals surface area contributed by atoms with E-state index in [1.54, 1.807) is 23.2 Å². The van der Waals surface area contributed by atoms with Crippen LogP contribution in [0.25, 0.3) is 0 Å². The number of rotatable bonds is 5. The lowest BCUT2D eigenvalue weighted by Crippen LogP contribution is -2.39. The van der Waals surface area contributed by atoms with Gasteiger partial charge >= 0.3 is 6.03 Å². The number of hydrogen-bond acceptors (Lipinski definition) is 5. The topological polar surface area (TPSA) is 84.2 Å². The van der Waals surface area contributed by atoms with Crippen molar-refractivity contribution in [1.82, 2.24) is 20.1 Å². The Morgan fingerprint density at radius 1 is 1.41 bits per heavy atom. The van der Waals surface area contributed by atoms with E-state index in [0.717, 1.165) is 0 Å². The third-order valence-corrected chi connectivity index (χ3v) is 3.30. The largest absolute Gasteiger partial charge is 0.423 e. The van der Waals surface area contributed by atoms with E-state index in [9.17, 15) is 4.79 Å². The fourth-order valence-electron chi connectivity index (χ4n) is 1.80. The number of hydrogen-bond donors (Lipinski definition) is 1. The maximum Gasteiger partial charge on any atom is 0.322 e. The van der Waals surface area contributed by atoms with E-state index < -0.39 is 0 Å². The van der Waals surface area contributed by atoms with Crippen LogP contribution < -0.4 is 5.32 Å². The van der Waals surface area contributed by atoms with Crippen molar-refractivity contribution in [2.45, 2.75) is 39.8 Å². The van der Waals surface area contributed by atoms with Crippen molar-refractivity contribution in [3.63, 3.8) is 0 Å². The minimum Gasteiger partial charge on any atom is -0.423 e. The smallest absolute Gasteiger partial charge is 0.322 e. The van der Waals surface area contributed by atoms with Crippen LogP contribution in [0.3, 0.4) is 0 Å². The van der Waals surface area contributed by atoms with E-state index in [1.165, 1.54) is 0 Å². The predicted octanol–water partition coefficient (Wildman–Crippen LogP) is 3.12. The molecule has 0 aliphatic rings. The summed E-state index contributed by atoms with van der Waals surface area (Å²) in [7, 11) is 0. The zero-order chi connectivity index (χ0) is 16.1. The Morgan fingerprint density at radius 3 is 2.73 bits per heavy atom. The summed E-state index contributed by atoms with van der Waals surface area (Å²) in [6.45, 7) is 5.96. The van der Waals surface area contributed by atoms with Crippen molar-refractivity contribution in [2.75, 3.05) is 5.32 Å². The van der Waals surface area contributed by atoms with E-state index in [4.69, 9.17) is 16.0 Å². The number of anilines is 1.